The predicted octanol–water partition coefficient (Wildman–Crippen LogP) is -1.78. The van der Waals surface area contributed by atoms with Crippen LogP contribution in [0.1, 0.15) is 0 Å². The van der Waals surface area contributed by atoms with Crippen LogP contribution in [0.4, 0.5) is 0 Å². The van der Waals surface area contributed by atoms with Gasteiger partial charge in [-0.2, -0.15) is 9.97 Å². The quantitative estimate of drug-likeness (QED) is 0.399. The zero-order valence-electron chi connectivity index (χ0n) is 9.81. The van der Waals surface area contributed by atoms with E-state index in [1.807, 2.05) is 0 Å². The van der Waals surface area contributed by atoms with Gasteiger partial charge in [-0.25, -0.2) is 19.3 Å². The fourth-order valence-electron chi connectivity index (χ4n) is 2.01. The Balaban J connectivity index is 0.00000132. The molecule has 0 spiro atoms. The number of H-pyrrole nitrogens is 2. The van der Waals surface area contributed by atoms with E-state index in [1.54, 1.807) is 9.35 Å². The summed E-state index contributed by atoms with van der Waals surface area (Å²) in [6, 6.07) is 0. The summed E-state index contributed by atoms with van der Waals surface area (Å²) < 4.78 is 3.09. The van der Waals surface area contributed by atoms with Crippen molar-refractivity contribution in [2.24, 2.45) is 0 Å². The fraction of sp³-hybridized carbons (Fsp3) is 0. The Morgan fingerprint density at radius 2 is 1.19 bits per heavy atom. The van der Waals surface area contributed by atoms with E-state index in [0.717, 1.165) is 0 Å². The third-order valence-corrected chi connectivity index (χ3v) is 2.90. The molecule has 0 saturated carbocycles. The average Bonchev–Trinajstić information content (AvgIpc) is 3.03. The van der Waals surface area contributed by atoms with E-state index in [-0.39, 0.29) is 40.6 Å². The number of hydrogen-bond acceptors (Lipinski definition) is 6. The molecule has 0 aliphatic heterocycles. The molecular weight excluding hydrogens is 287 g/mol. The second kappa shape index (κ2) is 4.91. The second-order valence-corrected chi connectivity index (χ2v) is 3.99. The Labute approximate surface area is 137 Å². The molecule has 0 aliphatic rings. The molecule has 0 aliphatic carbocycles. The molecule has 0 aromatic carbocycles. The van der Waals surface area contributed by atoms with Crippen LogP contribution in [0, 0.1) is 0 Å². The summed E-state index contributed by atoms with van der Waals surface area (Å²) in [6.45, 7) is 0. The Morgan fingerprint density at radius 3 is 1.62 bits per heavy atom. The van der Waals surface area contributed by atoms with Gasteiger partial charge in [-0.3, -0.25) is 9.59 Å². The molecule has 0 atom stereocenters. The number of rotatable bonds is 1. The van der Waals surface area contributed by atoms with Crippen LogP contribution in [-0.4, -0.2) is 68.8 Å². The maximum absolute atomic E-state index is 11.6. The second-order valence-electron chi connectivity index (χ2n) is 3.99. The van der Waals surface area contributed by atoms with E-state index in [1.165, 1.54) is 25.3 Å². The standard InChI is InChI=1S/C10H6N8O2.Na.H/c19-9-5-7(11-1-13-9)17(3-15-5)18-4-16-6-8(18)12-2-14-10(6)20;;/h1-4H,(H,11,13,19)(H,12,14,20);;. The van der Waals surface area contributed by atoms with Crippen molar-refractivity contribution in [3.05, 3.63) is 46.0 Å². The van der Waals surface area contributed by atoms with Crippen molar-refractivity contribution in [2.75, 3.05) is 0 Å². The predicted molar refractivity (Wildman–Crippen MR) is 74.2 cm³/mol. The molecule has 0 bridgehead atoms. The van der Waals surface area contributed by atoms with Crippen LogP contribution in [0.15, 0.2) is 34.9 Å². The summed E-state index contributed by atoms with van der Waals surface area (Å²) >= 11 is 0. The van der Waals surface area contributed by atoms with Crippen molar-refractivity contribution in [1.82, 2.24) is 39.3 Å². The minimum absolute atomic E-state index is 0. The van der Waals surface area contributed by atoms with Crippen LogP contribution in [0.2, 0.25) is 0 Å². The van der Waals surface area contributed by atoms with Gasteiger partial charge in [0, 0.05) is 0 Å². The van der Waals surface area contributed by atoms with Gasteiger partial charge in [0.1, 0.15) is 12.7 Å². The molecule has 11 heteroatoms. The van der Waals surface area contributed by atoms with E-state index >= 15 is 0 Å². The van der Waals surface area contributed by atoms with E-state index in [2.05, 4.69) is 29.9 Å². The first-order valence-electron chi connectivity index (χ1n) is 5.58. The van der Waals surface area contributed by atoms with E-state index in [9.17, 15) is 9.59 Å². The van der Waals surface area contributed by atoms with Crippen LogP contribution in [-0.2, 0) is 0 Å². The number of aromatic nitrogens is 8. The van der Waals surface area contributed by atoms with Crippen LogP contribution in [0.5, 0.6) is 0 Å². The number of nitrogens with one attached hydrogen (secondary N) is 2. The van der Waals surface area contributed by atoms with Crippen molar-refractivity contribution in [3.8, 4) is 0 Å². The Kier molecular flexibility index (Phi) is 3.20. The number of fused-ring (bicyclic) bond motifs is 2. The van der Waals surface area contributed by atoms with Gasteiger partial charge in [-0.05, 0) is 0 Å². The molecule has 0 unspecified atom stereocenters. The SMILES string of the molecule is O=c1nc[nH]c2c1ncn2-n1cnc2c(=O)nc[nH]c21.[NaH]. The van der Waals surface area contributed by atoms with E-state index in [0.29, 0.717) is 11.3 Å². The third-order valence-electron chi connectivity index (χ3n) is 2.90. The van der Waals surface area contributed by atoms with Crippen LogP contribution in [0.25, 0.3) is 22.3 Å². The Morgan fingerprint density at radius 1 is 0.762 bits per heavy atom. The van der Waals surface area contributed by atoms with Crippen molar-refractivity contribution >= 4 is 51.9 Å². The van der Waals surface area contributed by atoms with Crippen molar-refractivity contribution in [3.63, 3.8) is 0 Å². The van der Waals surface area contributed by atoms with Crippen LogP contribution >= 0.6 is 0 Å². The van der Waals surface area contributed by atoms with Gasteiger partial charge in [-0.15, -0.1) is 0 Å². The fourth-order valence-corrected chi connectivity index (χ4v) is 2.01. The van der Waals surface area contributed by atoms with Gasteiger partial charge in [-0.1, -0.05) is 0 Å². The molecule has 4 rings (SSSR count). The summed E-state index contributed by atoms with van der Waals surface area (Å²) in [7, 11) is 0. The molecule has 4 aromatic rings. The van der Waals surface area contributed by atoms with Crippen molar-refractivity contribution in [1.29, 1.82) is 0 Å². The summed E-state index contributed by atoms with van der Waals surface area (Å²) in [5.41, 5.74) is 0.426. The Hall–Kier alpha value is -2.30. The van der Waals surface area contributed by atoms with Gasteiger partial charge in [0.05, 0.1) is 12.7 Å². The van der Waals surface area contributed by atoms with Gasteiger partial charge < -0.3 is 9.97 Å². The zero-order chi connectivity index (χ0) is 13.7. The molecule has 4 aromatic heterocycles. The van der Waals surface area contributed by atoms with Crippen LogP contribution < -0.4 is 11.1 Å². The average molecular weight is 294 g/mol. The molecule has 100 valence electrons. The third kappa shape index (κ3) is 1.92. The van der Waals surface area contributed by atoms with E-state index in [4.69, 9.17) is 0 Å². The van der Waals surface area contributed by atoms with Crippen molar-refractivity contribution in [2.45, 2.75) is 0 Å². The molecule has 4 heterocycles. The molecule has 21 heavy (non-hydrogen) atoms. The molecule has 2 N–H and O–H groups in total. The minimum atomic E-state index is -0.433. The number of nitrogens with zero attached hydrogens (tertiary/aromatic N) is 6. The first kappa shape index (κ1) is 13.7. The zero-order valence-corrected chi connectivity index (χ0v) is 9.81. The van der Waals surface area contributed by atoms with Gasteiger partial charge in [0.2, 0.25) is 0 Å². The first-order valence-corrected chi connectivity index (χ1v) is 5.58. The summed E-state index contributed by atoms with van der Waals surface area (Å²) in [5, 5.41) is 0. The molecule has 0 saturated heterocycles. The monoisotopic (exact) mass is 294 g/mol. The Bertz CT molecular complexity index is 972. The van der Waals surface area contributed by atoms with Gasteiger partial charge in [0.25, 0.3) is 0 Å². The summed E-state index contributed by atoms with van der Waals surface area (Å²) in [4.78, 5) is 44.0. The molecular formula is C10H7N8NaO2. The normalized spacial score (nSPS) is 10.9. The topological polar surface area (TPSA) is 127 Å². The van der Waals surface area contributed by atoms with Gasteiger partial charge in [0.15, 0.2) is 22.3 Å². The first-order chi connectivity index (χ1) is 9.75. The molecule has 10 nitrogen and oxygen atoms in total. The molecule has 0 amide bonds. The molecule has 0 fully saturated rings. The maximum atomic E-state index is 11.6. The van der Waals surface area contributed by atoms with Crippen molar-refractivity contribution < 1.29 is 0 Å². The van der Waals surface area contributed by atoms with Crippen LogP contribution in [0.3, 0.4) is 0 Å². The number of hydrogen-bond donors (Lipinski definition) is 2. The molecule has 0 radical (unpaired) electrons. The number of imidazole rings is 2. The summed E-state index contributed by atoms with van der Waals surface area (Å²) in [5.74, 6) is 0. The van der Waals surface area contributed by atoms with E-state index < -0.39 is 11.1 Å². The summed E-state index contributed by atoms with van der Waals surface area (Å²) in [6.07, 6.45) is 5.44. The number of aromatic amines is 2. The van der Waals surface area contributed by atoms with Gasteiger partial charge >= 0.3 is 40.7 Å².